The first-order valence-electron chi connectivity index (χ1n) is 8.24. The molecule has 0 bridgehead atoms. The molecule has 3 heteroatoms. The fraction of sp³-hybridized carbons (Fsp3) is 0.667. The van der Waals surface area contributed by atoms with Crippen molar-refractivity contribution < 1.29 is 4.74 Å². The van der Waals surface area contributed by atoms with Crippen molar-refractivity contribution in [2.75, 3.05) is 20.2 Å². The minimum absolute atomic E-state index is 0.00903. The number of likely N-dealkylation sites (N-methyl/N-ethyl adjacent to an activating group) is 1. The van der Waals surface area contributed by atoms with Crippen molar-refractivity contribution in [3.05, 3.63) is 29.3 Å². The highest BCUT2D eigenvalue weighted by atomic mass is 16.5. The van der Waals surface area contributed by atoms with E-state index in [0.717, 1.165) is 24.4 Å². The molecule has 0 radical (unpaired) electrons. The molecule has 118 valence electrons. The summed E-state index contributed by atoms with van der Waals surface area (Å²) in [5.41, 5.74) is 9.30. The third kappa shape index (κ3) is 2.95. The highest BCUT2D eigenvalue weighted by Crippen LogP contribution is 2.45. The number of benzene rings is 1. The number of ether oxygens (including phenoxy) is 1. The van der Waals surface area contributed by atoms with Gasteiger partial charge in [-0.25, -0.2) is 0 Å². The molecule has 21 heavy (non-hydrogen) atoms. The van der Waals surface area contributed by atoms with E-state index in [2.05, 4.69) is 43.9 Å². The van der Waals surface area contributed by atoms with E-state index in [-0.39, 0.29) is 11.6 Å². The van der Waals surface area contributed by atoms with E-state index in [1.54, 1.807) is 7.11 Å². The van der Waals surface area contributed by atoms with Crippen LogP contribution in [0.1, 0.15) is 56.7 Å². The van der Waals surface area contributed by atoms with Crippen LogP contribution in [0.4, 0.5) is 0 Å². The molecule has 0 heterocycles. The number of hydrogen-bond donors (Lipinski definition) is 1. The van der Waals surface area contributed by atoms with E-state index in [4.69, 9.17) is 10.5 Å². The number of nitrogens with zero attached hydrogens (tertiary/aromatic N) is 1. The maximum atomic E-state index is 6.81. The standard InChI is InChI=1S/C18H30N2O/c1-5-20(6-2)18(11-7-8-12-18)17(19)15-13-14(3)9-10-16(15)21-4/h9-10,13,17H,5-8,11-12,19H2,1-4H3. The Morgan fingerprint density at radius 2 is 1.86 bits per heavy atom. The molecule has 2 N–H and O–H groups in total. The second-order valence-electron chi connectivity index (χ2n) is 6.21. The topological polar surface area (TPSA) is 38.5 Å². The second-order valence-corrected chi connectivity index (χ2v) is 6.21. The van der Waals surface area contributed by atoms with Crippen molar-refractivity contribution in [2.24, 2.45) is 5.73 Å². The van der Waals surface area contributed by atoms with Gasteiger partial charge in [-0.15, -0.1) is 0 Å². The summed E-state index contributed by atoms with van der Waals surface area (Å²) in [7, 11) is 1.74. The van der Waals surface area contributed by atoms with Gasteiger partial charge in [0.25, 0.3) is 0 Å². The maximum absolute atomic E-state index is 6.81. The number of methoxy groups -OCH3 is 1. The predicted molar refractivity (Wildman–Crippen MR) is 88.8 cm³/mol. The van der Waals surface area contributed by atoms with Gasteiger partial charge in [0.1, 0.15) is 5.75 Å². The summed E-state index contributed by atoms with van der Waals surface area (Å²) in [5, 5.41) is 0. The molecule has 1 aliphatic carbocycles. The van der Waals surface area contributed by atoms with Crippen LogP contribution < -0.4 is 10.5 Å². The van der Waals surface area contributed by atoms with Gasteiger partial charge >= 0.3 is 0 Å². The Labute approximate surface area is 129 Å². The minimum atomic E-state index is 0.00903. The largest absolute Gasteiger partial charge is 0.496 e. The van der Waals surface area contributed by atoms with E-state index in [1.807, 2.05) is 0 Å². The quantitative estimate of drug-likeness (QED) is 0.869. The first-order valence-corrected chi connectivity index (χ1v) is 8.24. The molecule has 3 nitrogen and oxygen atoms in total. The van der Waals surface area contributed by atoms with Gasteiger partial charge in [0, 0.05) is 11.1 Å². The molecule has 2 rings (SSSR count). The van der Waals surface area contributed by atoms with Gasteiger partial charge in [0.05, 0.1) is 13.2 Å². The summed E-state index contributed by atoms with van der Waals surface area (Å²) in [6.07, 6.45) is 4.93. The van der Waals surface area contributed by atoms with E-state index in [1.165, 1.54) is 31.2 Å². The molecule has 0 amide bonds. The average Bonchev–Trinajstić information content (AvgIpc) is 2.98. The maximum Gasteiger partial charge on any atom is 0.123 e. The molecule has 1 unspecified atom stereocenters. The summed E-state index contributed by atoms with van der Waals surface area (Å²) >= 11 is 0. The Balaban J connectivity index is 2.43. The molecule has 0 aromatic heterocycles. The third-order valence-electron chi connectivity index (χ3n) is 5.16. The zero-order valence-corrected chi connectivity index (χ0v) is 14.0. The summed E-state index contributed by atoms with van der Waals surface area (Å²) < 4.78 is 5.57. The van der Waals surface area contributed by atoms with Crippen LogP contribution >= 0.6 is 0 Å². The Morgan fingerprint density at radius 3 is 2.38 bits per heavy atom. The normalized spacial score (nSPS) is 19.0. The SMILES string of the molecule is CCN(CC)C1(C(N)c2cc(C)ccc2OC)CCCC1. The van der Waals surface area contributed by atoms with E-state index in [0.29, 0.717) is 0 Å². The molecular formula is C18H30N2O. The van der Waals surface area contributed by atoms with Crippen molar-refractivity contribution in [3.8, 4) is 5.75 Å². The highest BCUT2D eigenvalue weighted by Gasteiger charge is 2.44. The molecule has 1 aliphatic rings. The van der Waals surface area contributed by atoms with Crippen molar-refractivity contribution in [1.82, 2.24) is 4.90 Å². The van der Waals surface area contributed by atoms with Gasteiger partial charge in [0.15, 0.2) is 0 Å². The predicted octanol–water partition coefficient (Wildman–Crippen LogP) is 3.66. The first-order chi connectivity index (χ1) is 10.1. The van der Waals surface area contributed by atoms with Crippen LogP contribution in [0.2, 0.25) is 0 Å². The summed E-state index contributed by atoms with van der Waals surface area (Å²) in [6.45, 7) is 8.71. The fourth-order valence-corrected chi connectivity index (χ4v) is 4.05. The van der Waals surface area contributed by atoms with Crippen LogP contribution in [0.25, 0.3) is 0 Å². The molecule has 1 saturated carbocycles. The zero-order valence-electron chi connectivity index (χ0n) is 14.0. The molecule has 0 spiro atoms. The van der Waals surface area contributed by atoms with Crippen molar-refractivity contribution in [3.63, 3.8) is 0 Å². The van der Waals surface area contributed by atoms with Crippen LogP contribution in [0.3, 0.4) is 0 Å². The third-order valence-corrected chi connectivity index (χ3v) is 5.16. The molecule has 1 atom stereocenters. The van der Waals surface area contributed by atoms with Gasteiger partial charge in [-0.1, -0.05) is 44.4 Å². The molecule has 1 fully saturated rings. The van der Waals surface area contributed by atoms with Crippen LogP contribution in [-0.2, 0) is 0 Å². The monoisotopic (exact) mass is 290 g/mol. The van der Waals surface area contributed by atoms with Gasteiger partial charge in [-0.05, 0) is 38.9 Å². The first kappa shape index (κ1) is 16.3. The Bertz CT molecular complexity index is 462. The zero-order chi connectivity index (χ0) is 15.5. The smallest absolute Gasteiger partial charge is 0.123 e. The Morgan fingerprint density at radius 1 is 1.24 bits per heavy atom. The van der Waals surface area contributed by atoms with Crippen LogP contribution in [0.5, 0.6) is 5.75 Å². The lowest BCUT2D eigenvalue weighted by Crippen LogP contribution is -2.53. The van der Waals surface area contributed by atoms with Gasteiger partial charge in [0.2, 0.25) is 0 Å². The Kier molecular flexibility index (Phi) is 5.28. The van der Waals surface area contributed by atoms with E-state index < -0.39 is 0 Å². The average molecular weight is 290 g/mol. The van der Waals surface area contributed by atoms with Crippen LogP contribution in [-0.4, -0.2) is 30.6 Å². The number of hydrogen-bond acceptors (Lipinski definition) is 3. The number of nitrogens with two attached hydrogens (primary N) is 1. The lowest BCUT2D eigenvalue weighted by atomic mass is 9.81. The summed E-state index contributed by atoms with van der Waals surface area (Å²) in [6, 6.07) is 6.35. The van der Waals surface area contributed by atoms with Crippen molar-refractivity contribution >= 4 is 0 Å². The van der Waals surface area contributed by atoms with E-state index >= 15 is 0 Å². The van der Waals surface area contributed by atoms with Gasteiger partial charge in [-0.3, -0.25) is 4.90 Å². The lowest BCUT2D eigenvalue weighted by molar-refractivity contribution is 0.0761. The van der Waals surface area contributed by atoms with Crippen LogP contribution in [0.15, 0.2) is 18.2 Å². The van der Waals surface area contributed by atoms with Gasteiger partial charge < -0.3 is 10.5 Å². The fourth-order valence-electron chi connectivity index (χ4n) is 4.05. The molecule has 1 aromatic rings. The Hall–Kier alpha value is -1.06. The molecule has 0 saturated heterocycles. The van der Waals surface area contributed by atoms with Gasteiger partial charge in [-0.2, -0.15) is 0 Å². The number of aryl methyl sites for hydroxylation is 1. The molecule has 0 aliphatic heterocycles. The van der Waals surface area contributed by atoms with E-state index in [9.17, 15) is 0 Å². The van der Waals surface area contributed by atoms with Crippen molar-refractivity contribution in [2.45, 2.75) is 58.0 Å². The van der Waals surface area contributed by atoms with Crippen LogP contribution in [0, 0.1) is 6.92 Å². The minimum Gasteiger partial charge on any atom is -0.496 e. The number of rotatable bonds is 6. The second kappa shape index (κ2) is 6.80. The molecule has 1 aromatic carbocycles. The summed E-state index contributed by atoms with van der Waals surface area (Å²) in [5.74, 6) is 0.923. The highest BCUT2D eigenvalue weighted by molar-refractivity contribution is 5.41. The lowest BCUT2D eigenvalue weighted by Gasteiger charge is -2.45. The molecular weight excluding hydrogens is 260 g/mol. The summed E-state index contributed by atoms with van der Waals surface area (Å²) in [4.78, 5) is 2.56. The van der Waals surface area contributed by atoms with Crippen molar-refractivity contribution in [1.29, 1.82) is 0 Å².